The zero-order valence-electron chi connectivity index (χ0n) is 17.3. The molecular formula is C24H21BrFNO5. The van der Waals surface area contributed by atoms with Crippen molar-refractivity contribution in [3.8, 4) is 5.75 Å². The summed E-state index contributed by atoms with van der Waals surface area (Å²) in [6.07, 6.45) is 1.51. The Kier molecular flexibility index (Phi) is 6.32. The highest BCUT2D eigenvalue weighted by Gasteiger charge is 2.42. The first-order valence-electron chi connectivity index (χ1n) is 10.1. The lowest BCUT2D eigenvalue weighted by molar-refractivity contribution is -0.136. The average molecular weight is 502 g/mol. The number of carbonyl (C=O) groups excluding carboxylic acids is 2. The average Bonchev–Trinajstić information content (AvgIpc) is 2.78. The lowest BCUT2D eigenvalue weighted by atomic mass is 9.77. The minimum absolute atomic E-state index is 0.0306. The number of nitrogens with two attached hydrogens (primary N) is 1. The molecule has 1 aliphatic heterocycles. The standard InChI is InChI=1S/C24H21BrFNO5/c1-30-24(29)22-20(21-17(28)7-4-8-19(21)32-23(22)27)15-11-14(25)9-10-18(15)31-12-13-5-2-3-6-16(13)26/h2-3,5-6,9-11,20H,4,7-8,12,27H2,1H3/t20-/m0/s1. The van der Waals surface area contributed by atoms with Crippen molar-refractivity contribution in [3.05, 3.63) is 86.7 Å². The first-order valence-corrected chi connectivity index (χ1v) is 10.9. The Morgan fingerprint density at radius 1 is 1.25 bits per heavy atom. The minimum Gasteiger partial charge on any atom is -0.488 e. The summed E-state index contributed by atoms with van der Waals surface area (Å²) in [6, 6.07) is 11.5. The van der Waals surface area contributed by atoms with Crippen molar-refractivity contribution < 1.29 is 28.2 Å². The van der Waals surface area contributed by atoms with Gasteiger partial charge in [-0.2, -0.15) is 0 Å². The lowest BCUT2D eigenvalue weighted by Crippen LogP contribution is -2.31. The van der Waals surface area contributed by atoms with E-state index in [-0.39, 0.29) is 29.7 Å². The molecule has 0 saturated carbocycles. The van der Waals surface area contributed by atoms with Crippen LogP contribution in [0.25, 0.3) is 0 Å². The molecule has 1 heterocycles. The van der Waals surface area contributed by atoms with Crippen LogP contribution in [-0.2, 0) is 25.7 Å². The Bertz CT molecular complexity index is 1160. The van der Waals surface area contributed by atoms with Crippen LogP contribution in [-0.4, -0.2) is 18.9 Å². The number of Topliss-reactive ketones (excluding diaryl/α,β-unsaturated/α-hetero) is 1. The zero-order valence-corrected chi connectivity index (χ0v) is 18.9. The second-order valence-electron chi connectivity index (χ2n) is 7.48. The van der Waals surface area contributed by atoms with Crippen LogP contribution in [0, 0.1) is 5.82 Å². The molecular weight excluding hydrogens is 481 g/mol. The van der Waals surface area contributed by atoms with E-state index in [1.807, 2.05) is 0 Å². The SMILES string of the molecule is COC(=O)C1=C(N)OC2=C(C(=O)CCC2)[C@@H]1c1cc(Br)ccc1OCc1ccccc1F. The van der Waals surface area contributed by atoms with Gasteiger partial charge in [0.15, 0.2) is 5.78 Å². The molecule has 0 aromatic heterocycles. The number of halogens is 2. The van der Waals surface area contributed by atoms with Crippen LogP contribution in [0.4, 0.5) is 4.39 Å². The van der Waals surface area contributed by atoms with Crippen LogP contribution < -0.4 is 10.5 Å². The van der Waals surface area contributed by atoms with E-state index in [4.69, 9.17) is 19.9 Å². The molecule has 4 rings (SSSR count). The van der Waals surface area contributed by atoms with Gasteiger partial charge in [0.2, 0.25) is 5.88 Å². The van der Waals surface area contributed by atoms with Crippen LogP contribution in [0.1, 0.15) is 36.3 Å². The fraction of sp³-hybridized carbons (Fsp3) is 0.250. The van der Waals surface area contributed by atoms with Gasteiger partial charge in [0.05, 0.1) is 13.0 Å². The molecule has 32 heavy (non-hydrogen) atoms. The third kappa shape index (κ3) is 4.14. The maximum Gasteiger partial charge on any atom is 0.340 e. The first kappa shape index (κ1) is 22.1. The summed E-state index contributed by atoms with van der Waals surface area (Å²) in [5, 5.41) is 0. The summed E-state index contributed by atoms with van der Waals surface area (Å²) in [6.45, 7) is -0.0306. The monoisotopic (exact) mass is 501 g/mol. The molecule has 1 aliphatic carbocycles. The van der Waals surface area contributed by atoms with E-state index in [0.717, 1.165) is 0 Å². The van der Waals surface area contributed by atoms with Crippen molar-refractivity contribution in [1.29, 1.82) is 0 Å². The van der Waals surface area contributed by atoms with Gasteiger partial charge in [-0.1, -0.05) is 34.1 Å². The van der Waals surface area contributed by atoms with Crippen LogP contribution in [0.2, 0.25) is 0 Å². The molecule has 0 saturated heterocycles. The summed E-state index contributed by atoms with van der Waals surface area (Å²) in [5.74, 6) is -1.28. The van der Waals surface area contributed by atoms with Gasteiger partial charge in [-0.3, -0.25) is 4.79 Å². The largest absolute Gasteiger partial charge is 0.488 e. The molecule has 0 fully saturated rings. The molecule has 2 aliphatic rings. The highest BCUT2D eigenvalue weighted by Crippen LogP contribution is 2.47. The van der Waals surface area contributed by atoms with Gasteiger partial charge in [0.25, 0.3) is 0 Å². The molecule has 0 radical (unpaired) electrons. The van der Waals surface area contributed by atoms with Crippen LogP contribution in [0.3, 0.4) is 0 Å². The van der Waals surface area contributed by atoms with Crippen LogP contribution >= 0.6 is 15.9 Å². The van der Waals surface area contributed by atoms with Crippen molar-refractivity contribution >= 4 is 27.7 Å². The quantitative estimate of drug-likeness (QED) is 0.600. The van der Waals surface area contributed by atoms with Crippen molar-refractivity contribution in [2.75, 3.05) is 7.11 Å². The number of hydrogen-bond acceptors (Lipinski definition) is 6. The predicted octanol–water partition coefficient (Wildman–Crippen LogP) is 4.63. The third-order valence-corrected chi connectivity index (χ3v) is 6.01. The number of benzene rings is 2. The Morgan fingerprint density at radius 3 is 2.78 bits per heavy atom. The topological polar surface area (TPSA) is 87.9 Å². The summed E-state index contributed by atoms with van der Waals surface area (Å²) in [5.41, 5.74) is 7.44. The molecule has 0 bridgehead atoms. The first-order chi connectivity index (χ1) is 15.4. The Labute approximate surface area is 193 Å². The van der Waals surface area contributed by atoms with Crippen molar-refractivity contribution in [2.24, 2.45) is 5.73 Å². The maximum atomic E-state index is 14.1. The lowest BCUT2D eigenvalue weighted by Gasteiger charge is -2.33. The molecule has 6 nitrogen and oxygen atoms in total. The van der Waals surface area contributed by atoms with Gasteiger partial charge in [0.1, 0.15) is 29.5 Å². The zero-order chi connectivity index (χ0) is 22.8. The van der Waals surface area contributed by atoms with Gasteiger partial charge in [0, 0.05) is 34.0 Å². The molecule has 2 N–H and O–H groups in total. The number of ketones is 1. The second-order valence-corrected chi connectivity index (χ2v) is 8.40. The Hall–Kier alpha value is -3.13. The number of esters is 1. The highest BCUT2D eigenvalue weighted by molar-refractivity contribution is 9.10. The summed E-state index contributed by atoms with van der Waals surface area (Å²) in [7, 11) is 1.24. The van der Waals surface area contributed by atoms with E-state index in [0.29, 0.717) is 51.9 Å². The van der Waals surface area contributed by atoms with Gasteiger partial charge < -0.3 is 19.9 Å². The number of rotatable bonds is 5. The summed E-state index contributed by atoms with van der Waals surface area (Å²) >= 11 is 3.45. The third-order valence-electron chi connectivity index (χ3n) is 5.51. The molecule has 0 amide bonds. The van der Waals surface area contributed by atoms with Gasteiger partial charge >= 0.3 is 5.97 Å². The number of methoxy groups -OCH3 is 1. The van der Waals surface area contributed by atoms with Crippen LogP contribution in [0.5, 0.6) is 5.75 Å². The van der Waals surface area contributed by atoms with Crippen molar-refractivity contribution in [2.45, 2.75) is 31.8 Å². The van der Waals surface area contributed by atoms with Crippen molar-refractivity contribution in [3.63, 3.8) is 0 Å². The molecule has 1 atom stereocenters. The van der Waals surface area contributed by atoms with Crippen LogP contribution in [0.15, 0.2) is 69.7 Å². The number of ether oxygens (including phenoxy) is 3. The maximum absolute atomic E-state index is 14.1. The van der Waals surface area contributed by atoms with E-state index in [1.54, 1.807) is 36.4 Å². The van der Waals surface area contributed by atoms with E-state index < -0.39 is 11.9 Å². The number of hydrogen-bond donors (Lipinski definition) is 1. The molecule has 0 unspecified atom stereocenters. The van der Waals surface area contributed by atoms with Gasteiger partial charge in [-0.25, -0.2) is 9.18 Å². The van der Waals surface area contributed by atoms with Gasteiger partial charge in [-0.15, -0.1) is 0 Å². The minimum atomic E-state index is -0.827. The van der Waals surface area contributed by atoms with E-state index in [1.165, 1.54) is 13.2 Å². The number of allylic oxidation sites excluding steroid dienone is 2. The molecule has 166 valence electrons. The smallest absolute Gasteiger partial charge is 0.340 e. The molecule has 8 heteroatoms. The molecule has 0 spiro atoms. The Balaban J connectivity index is 1.83. The predicted molar refractivity (Wildman–Crippen MR) is 118 cm³/mol. The number of carbonyl (C=O) groups is 2. The van der Waals surface area contributed by atoms with Gasteiger partial charge in [-0.05, 0) is 30.7 Å². The molecule has 2 aromatic carbocycles. The molecule has 2 aromatic rings. The fourth-order valence-electron chi connectivity index (χ4n) is 4.02. The summed E-state index contributed by atoms with van der Waals surface area (Å²) in [4.78, 5) is 25.6. The normalized spacial score (nSPS) is 18.2. The van der Waals surface area contributed by atoms with E-state index >= 15 is 0 Å². The fourth-order valence-corrected chi connectivity index (χ4v) is 4.40. The Morgan fingerprint density at radius 2 is 2.03 bits per heavy atom. The van der Waals surface area contributed by atoms with E-state index in [9.17, 15) is 14.0 Å². The highest BCUT2D eigenvalue weighted by atomic mass is 79.9. The summed E-state index contributed by atoms with van der Waals surface area (Å²) < 4.78 is 31.4. The van der Waals surface area contributed by atoms with E-state index in [2.05, 4.69) is 15.9 Å². The second kappa shape index (κ2) is 9.16. The van der Waals surface area contributed by atoms with Crippen molar-refractivity contribution in [1.82, 2.24) is 0 Å².